The molecule has 0 radical (unpaired) electrons. The third kappa shape index (κ3) is 4.50. The minimum Gasteiger partial charge on any atom is -0.486 e. The molecule has 3 heterocycles. The van der Waals surface area contributed by atoms with Gasteiger partial charge in [0.2, 0.25) is 5.91 Å². The van der Waals surface area contributed by atoms with Crippen LogP contribution in [0.2, 0.25) is 0 Å². The Bertz CT molecular complexity index is 1430. The molecule has 1 saturated heterocycles. The highest BCUT2D eigenvalue weighted by Gasteiger charge is 2.45. The number of fused-ring (bicyclic) bond motifs is 2. The van der Waals surface area contributed by atoms with Gasteiger partial charge in [0.15, 0.2) is 11.5 Å². The predicted octanol–water partition coefficient (Wildman–Crippen LogP) is 4.75. The summed E-state index contributed by atoms with van der Waals surface area (Å²) < 4.78 is 11.5. The largest absolute Gasteiger partial charge is 0.486 e. The molecule has 0 aromatic heterocycles. The molecule has 2 amide bonds. The van der Waals surface area contributed by atoms with Crippen LogP contribution in [0.1, 0.15) is 64.7 Å². The van der Waals surface area contributed by atoms with Crippen LogP contribution in [0.25, 0.3) is 0 Å². The molecule has 0 saturated carbocycles. The van der Waals surface area contributed by atoms with E-state index < -0.39 is 17.9 Å². The number of hydrogen-bond acceptors (Lipinski definition) is 5. The number of benzene rings is 3. The van der Waals surface area contributed by atoms with Gasteiger partial charge in [-0.1, -0.05) is 36.4 Å². The monoisotopic (exact) mass is 526 g/mol. The fourth-order valence-electron chi connectivity index (χ4n) is 6.10. The van der Waals surface area contributed by atoms with E-state index in [2.05, 4.69) is 0 Å². The molecule has 2 atom stereocenters. The lowest BCUT2D eigenvalue weighted by Crippen LogP contribution is -2.45. The number of ether oxygens (including phenoxy) is 2. The minimum atomic E-state index is -1.01. The maximum atomic E-state index is 14.0. The molecule has 6 rings (SSSR count). The molecule has 0 bridgehead atoms. The van der Waals surface area contributed by atoms with E-state index in [0.29, 0.717) is 53.0 Å². The van der Waals surface area contributed by atoms with E-state index in [1.165, 1.54) is 0 Å². The van der Waals surface area contributed by atoms with Crippen molar-refractivity contribution in [3.05, 3.63) is 89.0 Å². The Kier molecular flexibility index (Phi) is 6.46. The van der Waals surface area contributed by atoms with E-state index in [1.807, 2.05) is 35.2 Å². The number of carboxylic acid groups (broad SMARTS) is 1. The van der Waals surface area contributed by atoms with Gasteiger partial charge in [0.05, 0.1) is 6.04 Å². The predicted molar refractivity (Wildman–Crippen MR) is 144 cm³/mol. The van der Waals surface area contributed by atoms with Gasteiger partial charge in [-0.05, 0) is 65.8 Å². The summed E-state index contributed by atoms with van der Waals surface area (Å²) in [6.45, 7) is 3.92. The number of hydrogen-bond donors (Lipinski definition) is 1. The topological polar surface area (TPSA) is 96.4 Å². The zero-order valence-corrected chi connectivity index (χ0v) is 21.7. The number of carbonyl (C=O) groups excluding carboxylic acids is 2. The van der Waals surface area contributed by atoms with E-state index in [0.717, 1.165) is 31.5 Å². The fourth-order valence-corrected chi connectivity index (χ4v) is 6.10. The number of rotatable bonds is 4. The number of carbonyl (C=O) groups is 3. The molecule has 3 aliphatic heterocycles. The maximum absolute atomic E-state index is 14.0. The first-order valence-corrected chi connectivity index (χ1v) is 13.3. The second-order valence-corrected chi connectivity index (χ2v) is 10.3. The SMILES string of the molecule is CC(=O)N1CCC(c2ccc(N3C(=O)c4ccccc4[C@@H](C(=O)O)[C@@H]3c3ccc4c(c3)OCCO4)cc2)CC1. The summed E-state index contributed by atoms with van der Waals surface area (Å²) in [7, 11) is 0. The third-order valence-corrected chi connectivity index (χ3v) is 8.10. The van der Waals surface area contributed by atoms with Crippen LogP contribution in [-0.4, -0.2) is 54.1 Å². The number of carboxylic acids is 1. The van der Waals surface area contributed by atoms with E-state index in [9.17, 15) is 19.5 Å². The van der Waals surface area contributed by atoms with Crippen LogP contribution in [0, 0.1) is 0 Å². The molecule has 39 heavy (non-hydrogen) atoms. The van der Waals surface area contributed by atoms with Crippen molar-refractivity contribution < 1.29 is 29.0 Å². The summed E-state index contributed by atoms with van der Waals surface area (Å²) in [5.41, 5.74) is 3.33. The molecule has 8 heteroatoms. The molecule has 0 aliphatic carbocycles. The molecular formula is C31H30N2O6. The highest BCUT2D eigenvalue weighted by molar-refractivity contribution is 6.11. The van der Waals surface area contributed by atoms with Crippen LogP contribution in [0.5, 0.6) is 11.5 Å². The molecule has 1 N–H and O–H groups in total. The summed E-state index contributed by atoms with van der Waals surface area (Å²) >= 11 is 0. The molecule has 3 aromatic carbocycles. The lowest BCUT2D eigenvalue weighted by Gasteiger charge is -2.41. The van der Waals surface area contributed by atoms with Gasteiger partial charge in [0.25, 0.3) is 5.91 Å². The molecule has 1 fully saturated rings. The summed E-state index contributed by atoms with van der Waals surface area (Å²) in [4.78, 5) is 42.0. The molecule has 3 aliphatic rings. The third-order valence-electron chi connectivity index (χ3n) is 8.10. The Morgan fingerprint density at radius 3 is 2.23 bits per heavy atom. The first-order chi connectivity index (χ1) is 18.9. The summed E-state index contributed by atoms with van der Waals surface area (Å²) in [5.74, 6) is -0.651. The lowest BCUT2D eigenvalue weighted by atomic mass is 9.79. The van der Waals surface area contributed by atoms with Crippen LogP contribution < -0.4 is 14.4 Å². The molecule has 0 spiro atoms. The Labute approximate surface area is 226 Å². The van der Waals surface area contributed by atoms with E-state index >= 15 is 0 Å². The van der Waals surface area contributed by atoms with E-state index in [-0.39, 0.29) is 11.8 Å². The summed E-state index contributed by atoms with van der Waals surface area (Å²) in [6.07, 6.45) is 1.77. The number of anilines is 1. The molecule has 3 aromatic rings. The summed E-state index contributed by atoms with van der Waals surface area (Å²) in [5, 5.41) is 10.5. The van der Waals surface area contributed by atoms with Crippen molar-refractivity contribution in [1.82, 2.24) is 4.90 Å². The average molecular weight is 527 g/mol. The fraction of sp³-hybridized carbons (Fsp3) is 0.323. The van der Waals surface area contributed by atoms with Gasteiger partial charge in [-0.15, -0.1) is 0 Å². The van der Waals surface area contributed by atoms with Gasteiger partial charge in [-0.25, -0.2) is 0 Å². The van der Waals surface area contributed by atoms with Crippen molar-refractivity contribution in [2.45, 2.75) is 37.6 Å². The van der Waals surface area contributed by atoms with Crippen molar-refractivity contribution in [1.29, 1.82) is 0 Å². The van der Waals surface area contributed by atoms with Crippen LogP contribution in [-0.2, 0) is 9.59 Å². The number of nitrogens with zero attached hydrogens (tertiary/aromatic N) is 2. The lowest BCUT2D eigenvalue weighted by molar-refractivity contribution is -0.139. The van der Waals surface area contributed by atoms with Crippen molar-refractivity contribution in [2.24, 2.45) is 0 Å². The van der Waals surface area contributed by atoms with Crippen LogP contribution in [0.3, 0.4) is 0 Å². The Morgan fingerprint density at radius 2 is 1.54 bits per heavy atom. The standard InChI is InChI=1S/C31H30N2O6/c1-19(34)32-14-12-21(13-15-32)20-6-9-23(10-7-20)33-29(22-8-11-26-27(18-22)39-17-16-38-26)28(31(36)37)24-4-2-3-5-25(24)30(33)35/h2-11,18,21,28-29H,12-17H2,1H3,(H,36,37)/t28-,29+/m1/s1. The smallest absolute Gasteiger partial charge is 0.313 e. The second kappa shape index (κ2) is 10.1. The summed E-state index contributed by atoms with van der Waals surface area (Å²) in [6, 6.07) is 19.4. The number of aliphatic carboxylic acids is 1. The van der Waals surface area contributed by atoms with Crippen molar-refractivity contribution >= 4 is 23.5 Å². The van der Waals surface area contributed by atoms with Crippen LogP contribution in [0.4, 0.5) is 5.69 Å². The zero-order chi connectivity index (χ0) is 27.1. The normalized spacial score (nSPS) is 20.9. The Balaban J connectivity index is 1.40. The van der Waals surface area contributed by atoms with Gasteiger partial charge in [-0.3, -0.25) is 19.3 Å². The Morgan fingerprint density at radius 1 is 0.872 bits per heavy atom. The van der Waals surface area contributed by atoms with Gasteiger partial charge in [-0.2, -0.15) is 0 Å². The molecule has 200 valence electrons. The van der Waals surface area contributed by atoms with Crippen molar-refractivity contribution in [2.75, 3.05) is 31.2 Å². The maximum Gasteiger partial charge on any atom is 0.313 e. The molecule has 8 nitrogen and oxygen atoms in total. The van der Waals surface area contributed by atoms with Crippen LogP contribution in [0.15, 0.2) is 66.7 Å². The van der Waals surface area contributed by atoms with E-state index in [1.54, 1.807) is 48.2 Å². The van der Waals surface area contributed by atoms with E-state index in [4.69, 9.17) is 9.47 Å². The number of amides is 2. The number of piperidine rings is 1. The minimum absolute atomic E-state index is 0.103. The first kappa shape index (κ1) is 25.0. The van der Waals surface area contributed by atoms with Crippen molar-refractivity contribution in [3.8, 4) is 11.5 Å². The quantitative estimate of drug-likeness (QED) is 0.527. The van der Waals surface area contributed by atoms with Crippen molar-refractivity contribution in [3.63, 3.8) is 0 Å². The van der Waals surface area contributed by atoms with Gasteiger partial charge < -0.3 is 19.5 Å². The van der Waals surface area contributed by atoms with Crippen LogP contribution >= 0.6 is 0 Å². The number of likely N-dealkylation sites (tertiary alicyclic amines) is 1. The van der Waals surface area contributed by atoms with Gasteiger partial charge in [0.1, 0.15) is 19.1 Å². The van der Waals surface area contributed by atoms with Gasteiger partial charge in [0, 0.05) is 31.3 Å². The Hall–Kier alpha value is -4.33. The highest BCUT2D eigenvalue weighted by Crippen LogP contribution is 2.47. The average Bonchev–Trinajstić information content (AvgIpc) is 2.97. The highest BCUT2D eigenvalue weighted by atomic mass is 16.6. The first-order valence-electron chi connectivity index (χ1n) is 13.3. The molecular weight excluding hydrogens is 496 g/mol. The zero-order valence-electron chi connectivity index (χ0n) is 21.7. The second-order valence-electron chi connectivity index (χ2n) is 10.3. The van der Waals surface area contributed by atoms with Gasteiger partial charge >= 0.3 is 5.97 Å². The molecule has 0 unspecified atom stereocenters.